The molecule has 0 bridgehead atoms. The second-order valence-corrected chi connectivity index (χ2v) is 7.55. The van der Waals surface area contributed by atoms with E-state index in [1.165, 1.54) is 31.0 Å². The second kappa shape index (κ2) is 9.08. The minimum Gasteiger partial charge on any atom is -0.370 e. The van der Waals surface area contributed by atoms with E-state index < -0.39 is 0 Å². The molecule has 0 atom stereocenters. The first-order chi connectivity index (χ1) is 13.1. The highest BCUT2D eigenvalue weighted by Gasteiger charge is 2.16. The van der Waals surface area contributed by atoms with Gasteiger partial charge in [-0.25, -0.2) is 4.98 Å². The Morgan fingerprint density at radius 2 is 2.00 bits per heavy atom. The SMILES string of the molecule is CSc1nc(C)c(CCC(=O)Nc2ccccc2N2CCCCC2)c(=O)[nH]1. The normalized spacial score (nSPS) is 14.2. The van der Waals surface area contributed by atoms with E-state index in [0.717, 1.165) is 24.5 Å². The van der Waals surface area contributed by atoms with Crippen LogP contribution in [-0.4, -0.2) is 35.2 Å². The summed E-state index contributed by atoms with van der Waals surface area (Å²) in [5.74, 6) is -0.0906. The van der Waals surface area contributed by atoms with E-state index in [-0.39, 0.29) is 17.9 Å². The smallest absolute Gasteiger partial charge is 0.254 e. The Hall–Kier alpha value is -2.28. The first-order valence-electron chi connectivity index (χ1n) is 9.36. The molecule has 3 rings (SSSR count). The number of hydrogen-bond donors (Lipinski definition) is 2. The molecule has 7 heteroatoms. The molecule has 2 aromatic rings. The van der Waals surface area contributed by atoms with Crippen LogP contribution in [0.2, 0.25) is 0 Å². The molecule has 0 radical (unpaired) electrons. The molecule has 2 N–H and O–H groups in total. The van der Waals surface area contributed by atoms with Crippen molar-refractivity contribution in [2.24, 2.45) is 0 Å². The van der Waals surface area contributed by atoms with Crippen molar-refractivity contribution in [2.45, 2.75) is 44.2 Å². The van der Waals surface area contributed by atoms with E-state index in [0.29, 0.717) is 22.8 Å². The molecule has 2 heterocycles. The molecule has 144 valence electrons. The molecule has 27 heavy (non-hydrogen) atoms. The fourth-order valence-corrected chi connectivity index (χ4v) is 3.84. The topological polar surface area (TPSA) is 78.1 Å². The third-order valence-electron chi connectivity index (χ3n) is 4.87. The highest BCUT2D eigenvalue weighted by Crippen LogP contribution is 2.28. The largest absolute Gasteiger partial charge is 0.370 e. The van der Waals surface area contributed by atoms with Crippen molar-refractivity contribution in [2.75, 3.05) is 29.6 Å². The zero-order valence-electron chi connectivity index (χ0n) is 15.9. The molecule has 1 saturated heterocycles. The number of H-pyrrole nitrogens is 1. The van der Waals surface area contributed by atoms with Crippen molar-refractivity contribution in [1.29, 1.82) is 0 Å². The number of amides is 1. The van der Waals surface area contributed by atoms with E-state index in [2.05, 4.69) is 26.3 Å². The van der Waals surface area contributed by atoms with Crippen molar-refractivity contribution in [3.63, 3.8) is 0 Å². The molecule has 1 fully saturated rings. The predicted molar refractivity (Wildman–Crippen MR) is 111 cm³/mol. The van der Waals surface area contributed by atoms with Gasteiger partial charge in [-0.05, 0) is 51.0 Å². The number of aryl methyl sites for hydroxylation is 1. The minimum absolute atomic E-state index is 0.0906. The lowest BCUT2D eigenvalue weighted by molar-refractivity contribution is -0.116. The summed E-state index contributed by atoms with van der Waals surface area (Å²) >= 11 is 1.40. The Morgan fingerprint density at radius 3 is 2.70 bits per heavy atom. The van der Waals surface area contributed by atoms with Crippen LogP contribution in [0.4, 0.5) is 11.4 Å². The fourth-order valence-electron chi connectivity index (χ4n) is 3.42. The van der Waals surface area contributed by atoms with Gasteiger partial charge in [-0.2, -0.15) is 0 Å². The summed E-state index contributed by atoms with van der Waals surface area (Å²) < 4.78 is 0. The quantitative estimate of drug-likeness (QED) is 0.588. The summed E-state index contributed by atoms with van der Waals surface area (Å²) in [5, 5.41) is 3.62. The van der Waals surface area contributed by atoms with E-state index in [4.69, 9.17) is 0 Å². The highest BCUT2D eigenvalue weighted by atomic mass is 32.2. The van der Waals surface area contributed by atoms with Crippen LogP contribution >= 0.6 is 11.8 Å². The van der Waals surface area contributed by atoms with Crippen molar-refractivity contribution < 1.29 is 4.79 Å². The van der Waals surface area contributed by atoms with Gasteiger partial charge in [-0.3, -0.25) is 9.59 Å². The average molecular weight is 387 g/mol. The Balaban J connectivity index is 1.66. The zero-order chi connectivity index (χ0) is 19.2. The number of piperidine rings is 1. The molecule has 0 aliphatic carbocycles. The first-order valence-corrected chi connectivity index (χ1v) is 10.6. The van der Waals surface area contributed by atoms with Gasteiger partial charge < -0.3 is 15.2 Å². The van der Waals surface area contributed by atoms with Gasteiger partial charge in [0.25, 0.3) is 5.56 Å². The summed E-state index contributed by atoms with van der Waals surface area (Å²) in [5.41, 5.74) is 3.02. The van der Waals surface area contributed by atoms with Crippen molar-refractivity contribution >= 4 is 29.0 Å². The van der Waals surface area contributed by atoms with Gasteiger partial charge in [-0.1, -0.05) is 23.9 Å². The third-order valence-corrected chi connectivity index (χ3v) is 5.45. The molecular weight excluding hydrogens is 360 g/mol. The Bertz CT molecular complexity index is 859. The number of para-hydroxylation sites is 2. The van der Waals surface area contributed by atoms with Crippen LogP contribution in [0.3, 0.4) is 0 Å². The maximum atomic E-state index is 12.5. The van der Waals surface area contributed by atoms with Gasteiger partial charge in [-0.15, -0.1) is 0 Å². The summed E-state index contributed by atoms with van der Waals surface area (Å²) in [6.07, 6.45) is 6.12. The monoisotopic (exact) mass is 386 g/mol. The predicted octanol–water partition coefficient (Wildman–Crippen LogP) is 3.36. The second-order valence-electron chi connectivity index (χ2n) is 6.75. The standard InChI is InChI=1S/C20H26N4O2S/c1-14-15(19(26)23-20(21-14)27-2)10-11-18(25)22-16-8-4-5-9-17(16)24-12-6-3-7-13-24/h4-5,8-9H,3,6-7,10-13H2,1-2H3,(H,22,25)(H,21,23,26). The van der Waals surface area contributed by atoms with E-state index >= 15 is 0 Å². The fraction of sp³-hybridized carbons (Fsp3) is 0.450. The molecule has 0 unspecified atom stereocenters. The van der Waals surface area contributed by atoms with E-state index in [1.807, 2.05) is 31.4 Å². The maximum absolute atomic E-state index is 12.5. The number of benzene rings is 1. The van der Waals surface area contributed by atoms with Crippen LogP contribution in [0.1, 0.15) is 36.9 Å². The lowest BCUT2D eigenvalue weighted by atomic mass is 10.1. The number of aromatic amines is 1. The first kappa shape index (κ1) is 19.5. The number of rotatable bonds is 6. The Labute approximate surface area is 163 Å². The number of carbonyl (C=O) groups is 1. The maximum Gasteiger partial charge on any atom is 0.254 e. The number of nitrogens with one attached hydrogen (secondary N) is 2. The lowest BCUT2D eigenvalue weighted by Gasteiger charge is -2.30. The average Bonchev–Trinajstić information content (AvgIpc) is 2.68. The Kier molecular flexibility index (Phi) is 6.55. The molecule has 0 spiro atoms. The molecule has 1 aliphatic heterocycles. The number of nitrogens with zero attached hydrogens (tertiary/aromatic N) is 2. The van der Waals surface area contributed by atoms with Crippen LogP contribution in [0.25, 0.3) is 0 Å². The molecule has 1 aliphatic rings. The zero-order valence-corrected chi connectivity index (χ0v) is 16.7. The summed E-state index contributed by atoms with van der Waals surface area (Å²) in [4.78, 5) is 34.1. The third kappa shape index (κ3) is 4.91. The highest BCUT2D eigenvalue weighted by molar-refractivity contribution is 7.98. The van der Waals surface area contributed by atoms with Crippen LogP contribution in [-0.2, 0) is 11.2 Å². The van der Waals surface area contributed by atoms with Gasteiger partial charge in [0.1, 0.15) is 0 Å². The number of anilines is 2. The molecule has 1 aromatic heterocycles. The van der Waals surface area contributed by atoms with Gasteiger partial charge in [0.15, 0.2) is 5.16 Å². The van der Waals surface area contributed by atoms with Crippen LogP contribution in [0, 0.1) is 6.92 Å². The molecule has 1 aromatic carbocycles. The van der Waals surface area contributed by atoms with E-state index in [1.54, 1.807) is 0 Å². The van der Waals surface area contributed by atoms with Gasteiger partial charge in [0.05, 0.1) is 11.4 Å². The molecular formula is C20H26N4O2S. The van der Waals surface area contributed by atoms with Crippen molar-refractivity contribution in [1.82, 2.24) is 9.97 Å². The Morgan fingerprint density at radius 1 is 1.26 bits per heavy atom. The minimum atomic E-state index is -0.159. The number of thioether (sulfide) groups is 1. The number of hydrogen-bond acceptors (Lipinski definition) is 5. The van der Waals surface area contributed by atoms with Crippen molar-refractivity contribution in [3.8, 4) is 0 Å². The number of carbonyl (C=O) groups excluding carboxylic acids is 1. The van der Waals surface area contributed by atoms with Gasteiger partial charge in [0, 0.05) is 30.8 Å². The van der Waals surface area contributed by atoms with Crippen LogP contribution in [0.15, 0.2) is 34.2 Å². The summed E-state index contributed by atoms with van der Waals surface area (Å²) in [6, 6.07) is 7.93. The molecule has 1 amide bonds. The van der Waals surface area contributed by atoms with E-state index in [9.17, 15) is 9.59 Å². The van der Waals surface area contributed by atoms with Gasteiger partial charge >= 0.3 is 0 Å². The number of aromatic nitrogens is 2. The van der Waals surface area contributed by atoms with Crippen molar-refractivity contribution in [3.05, 3.63) is 45.9 Å². The molecule has 6 nitrogen and oxygen atoms in total. The summed E-state index contributed by atoms with van der Waals surface area (Å²) in [7, 11) is 0. The van der Waals surface area contributed by atoms with Gasteiger partial charge in [0.2, 0.25) is 5.91 Å². The summed E-state index contributed by atoms with van der Waals surface area (Å²) in [6.45, 7) is 3.86. The lowest BCUT2D eigenvalue weighted by Crippen LogP contribution is -2.30. The van der Waals surface area contributed by atoms with Crippen LogP contribution < -0.4 is 15.8 Å². The molecule has 0 saturated carbocycles. The van der Waals surface area contributed by atoms with Crippen LogP contribution in [0.5, 0.6) is 0 Å².